The van der Waals surface area contributed by atoms with Crippen molar-refractivity contribution in [3.63, 3.8) is 0 Å². The molecule has 0 unspecified atom stereocenters. The van der Waals surface area contributed by atoms with E-state index in [1.54, 1.807) is 6.92 Å². The van der Waals surface area contributed by atoms with Gasteiger partial charge in [-0.2, -0.15) is 0 Å². The molecule has 34 heavy (non-hydrogen) atoms. The second-order valence-electron chi connectivity index (χ2n) is 8.73. The van der Waals surface area contributed by atoms with E-state index in [1.165, 1.54) is 17.0 Å². The molecule has 0 aromatic heterocycles. The molecule has 1 aliphatic carbocycles. The Morgan fingerprint density at radius 3 is 2.26 bits per heavy atom. The highest BCUT2D eigenvalue weighted by Gasteiger charge is 2.31. The average Bonchev–Trinajstić information content (AvgIpc) is 3.31. The maximum absolute atomic E-state index is 13.4. The number of carbonyl (C=O) groups is 2. The molecule has 2 aromatic carbocycles. The predicted octanol–water partition coefficient (Wildman–Crippen LogP) is 3.11. The normalized spacial score (nSPS) is 15.0. The van der Waals surface area contributed by atoms with Crippen LogP contribution in [0.15, 0.2) is 54.6 Å². The second-order valence-corrected chi connectivity index (χ2v) is 10.6. The molecular weight excluding hydrogens is 457 g/mol. The number of nitrogens with zero attached hydrogens (tertiary/aromatic N) is 2. The molecule has 1 N–H and O–H groups in total. The molecule has 0 heterocycles. The van der Waals surface area contributed by atoms with E-state index in [-0.39, 0.29) is 24.2 Å². The van der Waals surface area contributed by atoms with Gasteiger partial charge in [0.2, 0.25) is 21.8 Å². The fraction of sp³-hybridized carbons (Fsp3) is 0.440. The summed E-state index contributed by atoms with van der Waals surface area (Å²) in [4.78, 5) is 27.8. The molecule has 0 aliphatic heterocycles. The number of hydrogen-bond acceptors (Lipinski definition) is 4. The zero-order chi connectivity index (χ0) is 24.7. The highest BCUT2D eigenvalue weighted by Crippen LogP contribution is 2.20. The Morgan fingerprint density at radius 1 is 1.06 bits per heavy atom. The topological polar surface area (TPSA) is 86.8 Å². The Morgan fingerprint density at radius 2 is 1.68 bits per heavy atom. The predicted molar refractivity (Wildman–Crippen MR) is 130 cm³/mol. The van der Waals surface area contributed by atoms with Crippen LogP contribution in [0.1, 0.15) is 38.2 Å². The molecule has 2 aromatic rings. The minimum Gasteiger partial charge on any atom is -0.352 e. The van der Waals surface area contributed by atoms with E-state index >= 15 is 0 Å². The summed E-state index contributed by atoms with van der Waals surface area (Å²) in [5, 5.41) is 3.03. The maximum atomic E-state index is 13.4. The fourth-order valence-electron chi connectivity index (χ4n) is 4.18. The monoisotopic (exact) mass is 489 g/mol. The third-order valence-electron chi connectivity index (χ3n) is 6.15. The van der Waals surface area contributed by atoms with Crippen LogP contribution in [0.2, 0.25) is 0 Å². The summed E-state index contributed by atoms with van der Waals surface area (Å²) in [6.07, 6.45) is 5.48. The summed E-state index contributed by atoms with van der Waals surface area (Å²) < 4.78 is 39.3. The van der Waals surface area contributed by atoms with Gasteiger partial charge < -0.3 is 10.2 Å². The van der Waals surface area contributed by atoms with Gasteiger partial charge in [0.25, 0.3) is 0 Å². The molecule has 2 amide bonds. The summed E-state index contributed by atoms with van der Waals surface area (Å²) in [5.41, 5.74) is 1.19. The van der Waals surface area contributed by atoms with Crippen LogP contribution in [0.5, 0.6) is 0 Å². The molecule has 3 rings (SSSR count). The van der Waals surface area contributed by atoms with Crippen LogP contribution in [0.4, 0.5) is 10.1 Å². The number of sulfonamides is 1. The smallest absolute Gasteiger partial charge is 0.244 e. The SMILES string of the molecule is C[C@@H](C(=O)NC1CCCC1)N(CCc1ccccc1)C(=O)CN(c1ccc(F)cc1)S(C)(=O)=O. The molecule has 7 nitrogen and oxygen atoms in total. The van der Waals surface area contributed by atoms with Gasteiger partial charge in [0.1, 0.15) is 18.4 Å². The van der Waals surface area contributed by atoms with E-state index in [1.807, 2.05) is 30.3 Å². The van der Waals surface area contributed by atoms with Crippen molar-refractivity contribution in [2.24, 2.45) is 0 Å². The van der Waals surface area contributed by atoms with Crippen LogP contribution >= 0.6 is 0 Å². The number of hydrogen-bond donors (Lipinski definition) is 1. The Labute approximate surface area is 201 Å². The Balaban J connectivity index is 1.81. The van der Waals surface area contributed by atoms with Gasteiger partial charge >= 0.3 is 0 Å². The third-order valence-corrected chi connectivity index (χ3v) is 7.29. The highest BCUT2D eigenvalue weighted by atomic mass is 32.2. The van der Waals surface area contributed by atoms with Crippen LogP contribution in [0.3, 0.4) is 0 Å². The van der Waals surface area contributed by atoms with Gasteiger partial charge in [-0.3, -0.25) is 13.9 Å². The lowest BCUT2D eigenvalue weighted by molar-refractivity contribution is -0.139. The van der Waals surface area contributed by atoms with Crippen molar-refractivity contribution in [2.75, 3.05) is 23.7 Å². The summed E-state index contributed by atoms with van der Waals surface area (Å²) in [6.45, 7) is 1.43. The Hall–Kier alpha value is -2.94. The fourth-order valence-corrected chi connectivity index (χ4v) is 5.03. The zero-order valence-corrected chi connectivity index (χ0v) is 20.4. The highest BCUT2D eigenvalue weighted by molar-refractivity contribution is 7.92. The van der Waals surface area contributed by atoms with Gasteiger partial charge in [-0.05, 0) is 56.0 Å². The number of halogens is 1. The van der Waals surface area contributed by atoms with Crippen molar-refractivity contribution in [1.82, 2.24) is 10.2 Å². The van der Waals surface area contributed by atoms with Crippen LogP contribution in [0, 0.1) is 5.82 Å². The summed E-state index contributed by atoms with van der Waals surface area (Å²) in [7, 11) is -3.83. The first-order valence-electron chi connectivity index (χ1n) is 11.5. The van der Waals surface area contributed by atoms with Gasteiger partial charge in [-0.15, -0.1) is 0 Å². The number of amides is 2. The Bertz CT molecular complexity index is 1070. The zero-order valence-electron chi connectivity index (χ0n) is 19.6. The average molecular weight is 490 g/mol. The minimum atomic E-state index is -3.83. The number of carbonyl (C=O) groups excluding carboxylic acids is 2. The van der Waals surface area contributed by atoms with Gasteiger partial charge in [-0.25, -0.2) is 12.8 Å². The van der Waals surface area contributed by atoms with Gasteiger partial charge in [0, 0.05) is 12.6 Å². The summed E-state index contributed by atoms with van der Waals surface area (Å²) in [6, 6.07) is 13.8. The lowest BCUT2D eigenvalue weighted by Gasteiger charge is -2.32. The van der Waals surface area contributed by atoms with E-state index in [2.05, 4.69) is 5.32 Å². The van der Waals surface area contributed by atoms with E-state index in [0.717, 1.165) is 53.9 Å². The molecule has 1 aliphatic rings. The van der Waals surface area contributed by atoms with E-state index in [0.29, 0.717) is 6.42 Å². The molecule has 0 radical (unpaired) electrons. The molecule has 1 fully saturated rings. The van der Waals surface area contributed by atoms with E-state index < -0.39 is 34.3 Å². The molecule has 9 heteroatoms. The lowest BCUT2D eigenvalue weighted by atomic mass is 10.1. The molecule has 1 atom stereocenters. The standard InChI is InChI=1S/C25H32FN3O4S/c1-19(25(31)27-22-10-6-7-11-22)28(17-16-20-8-4-3-5-9-20)24(30)18-29(34(2,32)33)23-14-12-21(26)13-15-23/h3-5,8-9,12-15,19,22H,6-7,10-11,16-18H2,1-2H3,(H,27,31)/t19-/m0/s1. The molecular formula is C25H32FN3O4S. The van der Waals surface area contributed by atoms with Crippen LogP contribution in [-0.4, -0.2) is 56.6 Å². The summed E-state index contributed by atoms with van der Waals surface area (Å²) in [5.74, 6) is -1.26. The first-order chi connectivity index (χ1) is 16.1. The summed E-state index contributed by atoms with van der Waals surface area (Å²) >= 11 is 0. The number of benzene rings is 2. The maximum Gasteiger partial charge on any atom is 0.244 e. The van der Waals surface area contributed by atoms with Gasteiger partial charge in [0.15, 0.2) is 0 Å². The quantitative estimate of drug-likeness (QED) is 0.556. The van der Waals surface area contributed by atoms with Crippen LogP contribution in [0.25, 0.3) is 0 Å². The lowest BCUT2D eigenvalue weighted by Crippen LogP contribution is -2.53. The number of nitrogens with one attached hydrogen (secondary N) is 1. The van der Waals surface area contributed by atoms with E-state index in [9.17, 15) is 22.4 Å². The van der Waals surface area contributed by atoms with Crippen LogP contribution in [-0.2, 0) is 26.0 Å². The molecule has 0 spiro atoms. The van der Waals surface area contributed by atoms with Crippen molar-refractivity contribution in [2.45, 2.75) is 51.1 Å². The van der Waals surface area contributed by atoms with Gasteiger partial charge in [-0.1, -0.05) is 43.2 Å². The van der Waals surface area contributed by atoms with Crippen molar-refractivity contribution < 1.29 is 22.4 Å². The molecule has 0 bridgehead atoms. The van der Waals surface area contributed by atoms with E-state index in [4.69, 9.17) is 0 Å². The number of anilines is 1. The van der Waals surface area contributed by atoms with Crippen molar-refractivity contribution in [1.29, 1.82) is 0 Å². The minimum absolute atomic E-state index is 0.104. The Kier molecular flexibility index (Phi) is 8.66. The number of rotatable bonds is 10. The van der Waals surface area contributed by atoms with Crippen LogP contribution < -0.4 is 9.62 Å². The van der Waals surface area contributed by atoms with Gasteiger partial charge in [0.05, 0.1) is 11.9 Å². The van der Waals surface area contributed by atoms with Crippen molar-refractivity contribution in [3.8, 4) is 0 Å². The second kappa shape index (κ2) is 11.5. The first kappa shape index (κ1) is 25.7. The third kappa shape index (κ3) is 7.03. The van der Waals surface area contributed by atoms with Crippen molar-refractivity contribution in [3.05, 3.63) is 66.0 Å². The first-order valence-corrected chi connectivity index (χ1v) is 13.4. The van der Waals surface area contributed by atoms with Crippen molar-refractivity contribution >= 4 is 27.5 Å². The largest absolute Gasteiger partial charge is 0.352 e. The molecule has 1 saturated carbocycles. The molecule has 184 valence electrons. The molecule has 0 saturated heterocycles.